The second kappa shape index (κ2) is 9.86. The molecule has 0 aliphatic rings. The third kappa shape index (κ3) is 6.25. The smallest absolute Gasteiger partial charge is 0.252 e. The number of amides is 2. The minimum atomic E-state index is -0.128. The lowest BCUT2D eigenvalue weighted by Gasteiger charge is -2.10. The maximum Gasteiger partial charge on any atom is 0.252 e. The molecule has 2 aromatic carbocycles. The van der Waals surface area contributed by atoms with Crippen LogP contribution in [0.2, 0.25) is 0 Å². The molecule has 0 aliphatic carbocycles. The summed E-state index contributed by atoms with van der Waals surface area (Å²) in [5.74, 6) is 0.0193. The lowest BCUT2D eigenvalue weighted by Crippen LogP contribution is -2.30. The summed E-state index contributed by atoms with van der Waals surface area (Å²) in [6, 6.07) is 15.0. The van der Waals surface area contributed by atoms with Gasteiger partial charge in [-0.15, -0.1) is 11.8 Å². The van der Waals surface area contributed by atoms with E-state index in [1.54, 1.807) is 6.07 Å². The highest BCUT2D eigenvalue weighted by Gasteiger charge is 2.12. The van der Waals surface area contributed by atoms with Crippen LogP contribution in [0.5, 0.6) is 0 Å². The fourth-order valence-corrected chi connectivity index (χ4v) is 3.00. The number of aryl methyl sites for hydroxylation is 1. The zero-order valence-corrected chi connectivity index (χ0v) is 15.3. The molecule has 0 unspecified atom stereocenters. The molecular formula is C19H23N3O2S. The SMILES string of the molecule is CNCCNC(=O)c1ccccc1SCC(=O)Nc1ccc(C)cc1. The van der Waals surface area contributed by atoms with Crippen molar-refractivity contribution in [2.45, 2.75) is 11.8 Å². The first-order chi connectivity index (χ1) is 12.1. The first-order valence-corrected chi connectivity index (χ1v) is 9.10. The molecule has 0 saturated carbocycles. The van der Waals surface area contributed by atoms with Crippen molar-refractivity contribution in [1.29, 1.82) is 0 Å². The van der Waals surface area contributed by atoms with Crippen LogP contribution < -0.4 is 16.0 Å². The van der Waals surface area contributed by atoms with Gasteiger partial charge in [-0.1, -0.05) is 29.8 Å². The van der Waals surface area contributed by atoms with E-state index in [1.165, 1.54) is 11.8 Å². The number of thioether (sulfide) groups is 1. The minimum Gasteiger partial charge on any atom is -0.351 e. The van der Waals surface area contributed by atoms with Gasteiger partial charge < -0.3 is 16.0 Å². The van der Waals surface area contributed by atoms with Gasteiger partial charge in [0.15, 0.2) is 0 Å². The molecule has 25 heavy (non-hydrogen) atoms. The van der Waals surface area contributed by atoms with Crippen molar-refractivity contribution in [2.75, 3.05) is 31.2 Å². The second-order valence-electron chi connectivity index (χ2n) is 5.56. The molecule has 6 heteroatoms. The summed E-state index contributed by atoms with van der Waals surface area (Å²) in [6.07, 6.45) is 0. The van der Waals surface area contributed by atoms with Gasteiger partial charge >= 0.3 is 0 Å². The van der Waals surface area contributed by atoms with E-state index in [2.05, 4.69) is 16.0 Å². The predicted molar refractivity (Wildman–Crippen MR) is 103 cm³/mol. The highest BCUT2D eigenvalue weighted by Crippen LogP contribution is 2.23. The quantitative estimate of drug-likeness (QED) is 0.502. The van der Waals surface area contributed by atoms with Gasteiger partial charge in [0, 0.05) is 23.7 Å². The normalized spacial score (nSPS) is 10.3. The maximum absolute atomic E-state index is 12.3. The third-order valence-electron chi connectivity index (χ3n) is 3.49. The van der Waals surface area contributed by atoms with E-state index in [0.717, 1.165) is 16.1 Å². The standard InChI is InChI=1S/C19H23N3O2S/c1-14-7-9-15(10-8-14)22-18(23)13-25-17-6-4-3-5-16(17)19(24)21-12-11-20-2/h3-10,20H,11-13H2,1-2H3,(H,21,24)(H,22,23). The van der Waals surface area contributed by atoms with Crippen LogP contribution in [0, 0.1) is 6.92 Å². The summed E-state index contributed by atoms with van der Waals surface area (Å²) in [5.41, 5.74) is 2.51. The largest absolute Gasteiger partial charge is 0.351 e. The van der Waals surface area contributed by atoms with E-state index in [4.69, 9.17) is 0 Å². The summed E-state index contributed by atoms with van der Waals surface area (Å²) in [5, 5.41) is 8.70. The summed E-state index contributed by atoms with van der Waals surface area (Å²) in [6.45, 7) is 3.27. The van der Waals surface area contributed by atoms with Crippen LogP contribution in [0.15, 0.2) is 53.4 Å². The fraction of sp³-hybridized carbons (Fsp3) is 0.263. The summed E-state index contributed by atoms with van der Waals surface area (Å²) < 4.78 is 0. The molecule has 0 aliphatic heterocycles. The Morgan fingerprint density at radius 3 is 2.44 bits per heavy atom. The fourth-order valence-electron chi connectivity index (χ4n) is 2.15. The lowest BCUT2D eigenvalue weighted by atomic mass is 10.2. The van der Waals surface area contributed by atoms with E-state index in [1.807, 2.05) is 56.4 Å². The van der Waals surface area contributed by atoms with Gasteiger partial charge in [-0.3, -0.25) is 9.59 Å². The zero-order chi connectivity index (χ0) is 18.1. The Hall–Kier alpha value is -2.31. The monoisotopic (exact) mass is 357 g/mol. The Morgan fingerprint density at radius 1 is 1.00 bits per heavy atom. The summed E-state index contributed by atoms with van der Waals surface area (Å²) in [7, 11) is 1.84. The number of carbonyl (C=O) groups is 2. The highest BCUT2D eigenvalue weighted by atomic mass is 32.2. The van der Waals surface area contributed by atoms with E-state index in [0.29, 0.717) is 18.7 Å². The Morgan fingerprint density at radius 2 is 1.72 bits per heavy atom. The molecule has 2 rings (SSSR count). The molecule has 0 spiro atoms. The van der Waals surface area contributed by atoms with Gasteiger partial charge in [-0.25, -0.2) is 0 Å². The van der Waals surface area contributed by atoms with Crippen LogP contribution in [0.3, 0.4) is 0 Å². The van der Waals surface area contributed by atoms with Gasteiger partial charge in [-0.05, 0) is 38.2 Å². The number of hydrogen-bond donors (Lipinski definition) is 3. The molecule has 2 aromatic rings. The molecule has 0 aromatic heterocycles. The number of nitrogens with one attached hydrogen (secondary N) is 3. The molecule has 3 N–H and O–H groups in total. The van der Waals surface area contributed by atoms with Crippen molar-refractivity contribution >= 4 is 29.3 Å². The van der Waals surface area contributed by atoms with Crippen molar-refractivity contribution in [3.63, 3.8) is 0 Å². The van der Waals surface area contributed by atoms with Gasteiger partial charge in [0.25, 0.3) is 5.91 Å². The lowest BCUT2D eigenvalue weighted by molar-refractivity contribution is -0.113. The van der Waals surface area contributed by atoms with Crippen LogP contribution in [-0.2, 0) is 4.79 Å². The molecule has 0 bridgehead atoms. The minimum absolute atomic E-state index is 0.0979. The molecule has 0 atom stereocenters. The van der Waals surface area contributed by atoms with Gasteiger partial charge in [0.2, 0.25) is 5.91 Å². The number of hydrogen-bond acceptors (Lipinski definition) is 4. The van der Waals surface area contributed by atoms with Gasteiger partial charge in [0.1, 0.15) is 0 Å². The van der Waals surface area contributed by atoms with Crippen LogP contribution in [0.1, 0.15) is 15.9 Å². The zero-order valence-electron chi connectivity index (χ0n) is 14.5. The predicted octanol–water partition coefficient (Wildman–Crippen LogP) is 2.68. The van der Waals surface area contributed by atoms with Crippen LogP contribution in [0.4, 0.5) is 5.69 Å². The number of anilines is 1. The van der Waals surface area contributed by atoms with Crippen LogP contribution >= 0.6 is 11.8 Å². The molecular weight excluding hydrogens is 334 g/mol. The van der Waals surface area contributed by atoms with Crippen molar-refractivity contribution < 1.29 is 9.59 Å². The van der Waals surface area contributed by atoms with E-state index >= 15 is 0 Å². The van der Waals surface area contributed by atoms with E-state index in [9.17, 15) is 9.59 Å². The Labute approximate surface area is 152 Å². The molecule has 132 valence electrons. The van der Waals surface area contributed by atoms with Crippen molar-refractivity contribution in [2.24, 2.45) is 0 Å². The van der Waals surface area contributed by atoms with Crippen LogP contribution in [0.25, 0.3) is 0 Å². The van der Waals surface area contributed by atoms with Gasteiger partial charge in [0.05, 0.1) is 11.3 Å². The second-order valence-corrected chi connectivity index (χ2v) is 6.58. The third-order valence-corrected chi connectivity index (χ3v) is 4.56. The molecule has 0 radical (unpaired) electrons. The van der Waals surface area contributed by atoms with Crippen molar-refractivity contribution in [3.8, 4) is 0 Å². The summed E-state index contributed by atoms with van der Waals surface area (Å²) >= 11 is 1.36. The number of rotatable bonds is 8. The Kier molecular flexibility index (Phi) is 7.50. The van der Waals surface area contributed by atoms with E-state index in [-0.39, 0.29) is 17.6 Å². The summed E-state index contributed by atoms with van der Waals surface area (Å²) in [4.78, 5) is 25.2. The highest BCUT2D eigenvalue weighted by molar-refractivity contribution is 8.00. The number of carbonyl (C=O) groups excluding carboxylic acids is 2. The Bertz CT molecular complexity index is 717. The average Bonchev–Trinajstić information content (AvgIpc) is 2.62. The maximum atomic E-state index is 12.3. The molecule has 0 fully saturated rings. The number of likely N-dealkylation sites (N-methyl/N-ethyl adjacent to an activating group) is 1. The Balaban J connectivity index is 1.92. The molecule has 0 heterocycles. The van der Waals surface area contributed by atoms with Gasteiger partial charge in [-0.2, -0.15) is 0 Å². The average molecular weight is 357 g/mol. The van der Waals surface area contributed by atoms with Crippen LogP contribution in [-0.4, -0.2) is 37.7 Å². The first kappa shape index (κ1) is 19.0. The molecule has 0 saturated heterocycles. The van der Waals surface area contributed by atoms with E-state index < -0.39 is 0 Å². The first-order valence-electron chi connectivity index (χ1n) is 8.11. The molecule has 2 amide bonds. The number of benzene rings is 2. The molecule has 5 nitrogen and oxygen atoms in total. The topological polar surface area (TPSA) is 70.2 Å². The van der Waals surface area contributed by atoms with Crippen molar-refractivity contribution in [1.82, 2.24) is 10.6 Å². The van der Waals surface area contributed by atoms with Crippen molar-refractivity contribution in [3.05, 3.63) is 59.7 Å².